The van der Waals surface area contributed by atoms with Gasteiger partial charge in [0.15, 0.2) is 5.76 Å². The Kier molecular flexibility index (Phi) is 6.39. The standard InChI is InChI=1S/C26H24N6O3/c1-18(33)26-28-10-11-31(26)16-23-12-24(35-30-23)21-7-4-19(5-8-21)2-3-20-6-9-22(29-13-20)15-32-17-27-14-25(32)34/h4-13,18,27,33H,14-17H2,1H3/t18-/m0/s1. The van der Waals surface area contributed by atoms with Gasteiger partial charge in [-0.2, -0.15) is 0 Å². The van der Waals surface area contributed by atoms with Crippen LogP contribution in [0.4, 0.5) is 0 Å². The maximum Gasteiger partial charge on any atom is 0.237 e. The third-order valence-electron chi connectivity index (χ3n) is 5.64. The molecule has 0 aliphatic carbocycles. The number of amides is 1. The highest BCUT2D eigenvalue weighted by Gasteiger charge is 2.19. The van der Waals surface area contributed by atoms with Crippen molar-refractivity contribution in [3.63, 3.8) is 0 Å². The highest BCUT2D eigenvalue weighted by Crippen LogP contribution is 2.22. The van der Waals surface area contributed by atoms with Crippen molar-refractivity contribution in [3.05, 3.63) is 89.4 Å². The molecule has 4 aromatic rings. The lowest BCUT2D eigenvalue weighted by atomic mass is 10.1. The van der Waals surface area contributed by atoms with E-state index in [0.29, 0.717) is 37.9 Å². The third-order valence-corrected chi connectivity index (χ3v) is 5.64. The molecule has 0 saturated carbocycles. The zero-order valence-corrected chi connectivity index (χ0v) is 19.2. The van der Waals surface area contributed by atoms with Crippen LogP contribution in [0.3, 0.4) is 0 Å². The molecule has 1 saturated heterocycles. The molecule has 3 aromatic heterocycles. The lowest BCUT2D eigenvalue weighted by Crippen LogP contribution is -2.26. The normalized spacial score (nSPS) is 14.1. The fourth-order valence-corrected chi connectivity index (χ4v) is 3.81. The number of rotatable bonds is 6. The van der Waals surface area contributed by atoms with Gasteiger partial charge in [-0.05, 0) is 43.3 Å². The van der Waals surface area contributed by atoms with Crippen LogP contribution in [0, 0.1) is 11.8 Å². The SMILES string of the molecule is C[C@H](O)c1nccn1Cc1cc(-c2ccc(C#Cc3ccc(CN4CNCC4=O)nc3)cc2)on1. The first-order valence-corrected chi connectivity index (χ1v) is 11.3. The zero-order chi connectivity index (χ0) is 24.2. The molecule has 1 aliphatic heterocycles. The highest BCUT2D eigenvalue weighted by molar-refractivity contribution is 5.79. The second-order valence-electron chi connectivity index (χ2n) is 8.31. The number of carbonyl (C=O) groups is 1. The van der Waals surface area contributed by atoms with Gasteiger partial charge in [0.1, 0.15) is 17.6 Å². The van der Waals surface area contributed by atoms with Gasteiger partial charge < -0.3 is 19.1 Å². The van der Waals surface area contributed by atoms with Crippen LogP contribution in [-0.2, 0) is 17.9 Å². The number of hydrogen-bond acceptors (Lipinski definition) is 7. The smallest absolute Gasteiger partial charge is 0.237 e. The van der Waals surface area contributed by atoms with E-state index in [-0.39, 0.29) is 5.91 Å². The molecule has 1 aromatic carbocycles. The maximum absolute atomic E-state index is 11.7. The van der Waals surface area contributed by atoms with Crippen LogP contribution < -0.4 is 5.32 Å². The second kappa shape index (κ2) is 9.93. The molecule has 0 radical (unpaired) electrons. The molecule has 9 nitrogen and oxygen atoms in total. The minimum Gasteiger partial charge on any atom is -0.385 e. The number of aromatic nitrogens is 4. The van der Waals surface area contributed by atoms with E-state index >= 15 is 0 Å². The average molecular weight is 469 g/mol. The Morgan fingerprint density at radius 2 is 1.89 bits per heavy atom. The van der Waals surface area contributed by atoms with Gasteiger partial charge in [0.05, 0.1) is 32.0 Å². The Hall–Kier alpha value is -4.26. The Labute approximate surface area is 202 Å². The Bertz CT molecular complexity index is 1380. The minimum atomic E-state index is -0.656. The van der Waals surface area contributed by atoms with E-state index in [1.54, 1.807) is 30.4 Å². The summed E-state index contributed by atoms with van der Waals surface area (Å²) in [5.41, 5.74) is 4.14. The van der Waals surface area contributed by atoms with E-state index in [1.165, 1.54) is 0 Å². The van der Waals surface area contributed by atoms with Crippen LogP contribution in [0.25, 0.3) is 11.3 Å². The van der Waals surface area contributed by atoms with Crippen LogP contribution in [0.1, 0.15) is 41.4 Å². The number of aliphatic hydroxyl groups is 1. The predicted molar refractivity (Wildman–Crippen MR) is 128 cm³/mol. The van der Waals surface area contributed by atoms with Crippen molar-refractivity contribution < 1.29 is 14.4 Å². The number of pyridine rings is 1. The molecule has 2 N–H and O–H groups in total. The Morgan fingerprint density at radius 3 is 2.60 bits per heavy atom. The summed E-state index contributed by atoms with van der Waals surface area (Å²) in [6.07, 6.45) is 4.53. The maximum atomic E-state index is 11.7. The summed E-state index contributed by atoms with van der Waals surface area (Å²) < 4.78 is 7.36. The van der Waals surface area contributed by atoms with E-state index in [0.717, 1.165) is 28.1 Å². The summed E-state index contributed by atoms with van der Waals surface area (Å²) in [5, 5.41) is 17.0. The Morgan fingerprint density at radius 1 is 1.09 bits per heavy atom. The van der Waals surface area contributed by atoms with Crippen molar-refractivity contribution in [2.75, 3.05) is 13.2 Å². The number of carbonyl (C=O) groups excluding carboxylic acids is 1. The summed E-state index contributed by atoms with van der Waals surface area (Å²) in [4.78, 5) is 22.0. The number of aliphatic hydroxyl groups excluding tert-OH is 1. The molecule has 176 valence electrons. The van der Waals surface area contributed by atoms with Gasteiger partial charge in [0.25, 0.3) is 0 Å². The van der Waals surface area contributed by atoms with Gasteiger partial charge >= 0.3 is 0 Å². The second-order valence-corrected chi connectivity index (χ2v) is 8.31. The van der Waals surface area contributed by atoms with Crippen molar-refractivity contribution in [1.29, 1.82) is 0 Å². The van der Waals surface area contributed by atoms with E-state index in [4.69, 9.17) is 4.52 Å². The topological polar surface area (TPSA) is 109 Å². The molecular weight excluding hydrogens is 444 g/mol. The molecule has 35 heavy (non-hydrogen) atoms. The lowest BCUT2D eigenvalue weighted by molar-refractivity contribution is -0.127. The van der Waals surface area contributed by atoms with Crippen molar-refractivity contribution in [2.24, 2.45) is 0 Å². The van der Waals surface area contributed by atoms with Crippen LogP contribution in [0.15, 0.2) is 65.6 Å². The van der Waals surface area contributed by atoms with Gasteiger partial charge in [0, 0.05) is 41.3 Å². The monoisotopic (exact) mass is 468 g/mol. The van der Waals surface area contributed by atoms with Crippen molar-refractivity contribution in [1.82, 2.24) is 29.9 Å². The molecule has 4 heterocycles. The third kappa shape index (κ3) is 5.30. The molecule has 1 atom stereocenters. The van der Waals surface area contributed by atoms with E-state index in [2.05, 4.69) is 32.3 Å². The largest absolute Gasteiger partial charge is 0.385 e. The number of hydrogen-bond donors (Lipinski definition) is 2. The van der Waals surface area contributed by atoms with Crippen LogP contribution in [0.5, 0.6) is 0 Å². The van der Waals surface area contributed by atoms with Gasteiger partial charge in [-0.15, -0.1) is 0 Å². The molecular formula is C26H24N6O3. The first-order valence-electron chi connectivity index (χ1n) is 11.3. The first-order chi connectivity index (χ1) is 17.0. The summed E-state index contributed by atoms with van der Waals surface area (Å²) >= 11 is 0. The molecule has 1 amide bonds. The van der Waals surface area contributed by atoms with Crippen LogP contribution in [-0.4, -0.2) is 48.8 Å². The molecule has 5 rings (SSSR count). The zero-order valence-electron chi connectivity index (χ0n) is 19.2. The first kappa shape index (κ1) is 22.5. The fraction of sp³-hybridized carbons (Fsp3) is 0.231. The van der Waals surface area contributed by atoms with E-state index in [1.807, 2.05) is 47.0 Å². The van der Waals surface area contributed by atoms with Gasteiger partial charge in [0.2, 0.25) is 5.91 Å². The van der Waals surface area contributed by atoms with Gasteiger partial charge in [-0.1, -0.05) is 17.0 Å². The van der Waals surface area contributed by atoms with Crippen molar-refractivity contribution in [3.8, 4) is 23.2 Å². The number of benzene rings is 1. The molecule has 1 aliphatic rings. The van der Waals surface area contributed by atoms with Crippen molar-refractivity contribution >= 4 is 5.91 Å². The van der Waals surface area contributed by atoms with Crippen LogP contribution in [0.2, 0.25) is 0 Å². The fourth-order valence-electron chi connectivity index (χ4n) is 3.81. The number of nitrogens with zero attached hydrogens (tertiary/aromatic N) is 5. The van der Waals surface area contributed by atoms with E-state index < -0.39 is 6.10 Å². The van der Waals surface area contributed by atoms with Crippen molar-refractivity contribution in [2.45, 2.75) is 26.1 Å². The van der Waals surface area contributed by atoms with Gasteiger partial charge in [-0.3, -0.25) is 15.1 Å². The summed E-state index contributed by atoms with van der Waals surface area (Å²) in [6.45, 7) is 3.58. The molecule has 0 spiro atoms. The highest BCUT2D eigenvalue weighted by atomic mass is 16.5. The number of nitrogens with one attached hydrogen (secondary N) is 1. The molecule has 0 unspecified atom stereocenters. The van der Waals surface area contributed by atoms with Gasteiger partial charge in [-0.25, -0.2) is 4.98 Å². The molecule has 0 bridgehead atoms. The Balaban J connectivity index is 1.22. The summed E-state index contributed by atoms with van der Waals surface area (Å²) in [5.74, 6) is 7.60. The summed E-state index contributed by atoms with van der Waals surface area (Å²) in [7, 11) is 0. The van der Waals surface area contributed by atoms with Crippen LogP contribution >= 0.6 is 0 Å². The lowest BCUT2D eigenvalue weighted by Gasteiger charge is -2.13. The predicted octanol–water partition coefficient (Wildman–Crippen LogP) is 2.32. The minimum absolute atomic E-state index is 0.0873. The summed E-state index contributed by atoms with van der Waals surface area (Å²) in [6, 6.07) is 13.4. The molecule has 9 heteroatoms. The number of imidazole rings is 1. The van der Waals surface area contributed by atoms with E-state index in [9.17, 15) is 9.90 Å². The quantitative estimate of drug-likeness (QED) is 0.418. The average Bonchev–Trinajstić information content (AvgIpc) is 3.62. The molecule has 1 fully saturated rings.